The van der Waals surface area contributed by atoms with Gasteiger partial charge in [0.2, 0.25) is 6.29 Å². The summed E-state index contributed by atoms with van der Waals surface area (Å²) in [5.74, 6) is -0.929. The predicted octanol–water partition coefficient (Wildman–Crippen LogP) is 2.55. The molecule has 0 spiro atoms. The van der Waals surface area contributed by atoms with Gasteiger partial charge in [0.15, 0.2) is 6.10 Å². The Kier molecular flexibility index (Phi) is 4.96. The Hall–Kier alpha value is -1.88. The zero-order chi connectivity index (χ0) is 15.4. The van der Waals surface area contributed by atoms with Gasteiger partial charge in [-0.3, -0.25) is 4.79 Å². The summed E-state index contributed by atoms with van der Waals surface area (Å²) < 4.78 is 16.3. The maximum atomic E-state index is 12.2. The average molecular weight is 292 g/mol. The molecule has 1 aliphatic heterocycles. The van der Waals surface area contributed by atoms with E-state index in [9.17, 15) is 9.59 Å². The molecule has 0 bridgehead atoms. The van der Waals surface area contributed by atoms with Crippen LogP contribution in [-0.2, 0) is 19.0 Å². The molecule has 1 aromatic rings. The first-order chi connectivity index (χ1) is 10.0. The molecule has 0 amide bonds. The summed E-state index contributed by atoms with van der Waals surface area (Å²) in [5, 5.41) is 0. The van der Waals surface area contributed by atoms with Crippen molar-refractivity contribution in [1.82, 2.24) is 0 Å². The second-order valence-corrected chi connectivity index (χ2v) is 5.16. The summed E-state index contributed by atoms with van der Waals surface area (Å²) in [6.45, 7) is 5.22. The summed E-state index contributed by atoms with van der Waals surface area (Å²) in [6.07, 6.45) is -0.761. The van der Waals surface area contributed by atoms with Gasteiger partial charge in [-0.25, -0.2) is 4.79 Å². The maximum absolute atomic E-state index is 12.2. The van der Waals surface area contributed by atoms with Crippen molar-refractivity contribution >= 4 is 11.9 Å². The third-order valence-electron chi connectivity index (χ3n) is 3.62. The lowest BCUT2D eigenvalue weighted by atomic mass is 9.99. The van der Waals surface area contributed by atoms with Gasteiger partial charge in [-0.05, 0) is 18.6 Å². The molecule has 5 nitrogen and oxygen atoms in total. The molecule has 0 radical (unpaired) electrons. The minimum Gasteiger partial charge on any atom is -0.452 e. The van der Waals surface area contributed by atoms with E-state index in [1.165, 1.54) is 6.92 Å². The zero-order valence-corrected chi connectivity index (χ0v) is 12.4. The van der Waals surface area contributed by atoms with Gasteiger partial charge in [0, 0.05) is 12.8 Å². The number of rotatable bonds is 4. The van der Waals surface area contributed by atoms with Crippen LogP contribution >= 0.6 is 0 Å². The van der Waals surface area contributed by atoms with Crippen LogP contribution in [-0.4, -0.2) is 30.4 Å². The smallest absolute Gasteiger partial charge is 0.338 e. The lowest BCUT2D eigenvalue weighted by Gasteiger charge is -2.21. The van der Waals surface area contributed by atoms with Gasteiger partial charge in [0.25, 0.3) is 0 Å². The highest BCUT2D eigenvalue weighted by Gasteiger charge is 2.45. The van der Waals surface area contributed by atoms with Crippen LogP contribution in [0.3, 0.4) is 0 Å². The van der Waals surface area contributed by atoms with Gasteiger partial charge in [-0.1, -0.05) is 32.0 Å². The number of carbonyl (C=O) groups is 2. The van der Waals surface area contributed by atoms with E-state index >= 15 is 0 Å². The molecule has 1 fully saturated rings. The summed E-state index contributed by atoms with van der Waals surface area (Å²) in [5.41, 5.74) is 0.464. The van der Waals surface area contributed by atoms with Gasteiger partial charge in [-0.15, -0.1) is 0 Å². The number of benzene rings is 1. The van der Waals surface area contributed by atoms with Crippen LogP contribution in [0.4, 0.5) is 0 Å². The van der Waals surface area contributed by atoms with Gasteiger partial charge in [-0.2, -0.15) is 0 Å². The highest BCUT2D eigenvalue weighted by Crippen LogP contribution is 2.32. The molecule has 0 unspecified atom stereocenters. The van der Waals surface area contributed by atoms with Crippen molar-refractivity contribution in [3.8, 4) is 0 Å². The summed E-state index contributed by atoms with van der Waals surface area (Å²) in [6, 6.07) is 8.72. The first-order valence-corrected chi connectivity index (χ1v) is 7.11. The molecule has 1 saturated heterocycles. The quantitative estimate of drug-likeness (QED) is 0.798. The van der Waals surface area contributed by atoms with Crippen LogP contribution in [0.15, 0.2) is 30.3 Å². The minimum absolute atomic E-state index is 0.0352. The molecule has 0 N–H and O–H groups in total. The number of esters is 2. The van der Waals surface area contributed by atoms with Crippen LogP contribution in [0.25, 0.3) is 0 Å². The Morgan fingerprint density at radius 1 is 1.19 bits per heavy atom. The molecule has 1 aromatic carbocycles. The third kappa shape index (κ3) is 3.61. The van der Waals surface area contributed by atoms with E-state index in [4.69, 9.17) is 14.2 Å². The Morgan fingerprint density at radius 2 is 1.86 bits per heavy atom. The second-order valence-electron chi connectivity index (χ2n) is 5.16. The van der Waals surface area contributed by atoms with Crippen molar-refractivity contribution in [2.75, 3.05) is 0 Å². The first-order valence-electron chi connectivity index (χ1n) is 7.11. The SMILES string of the molecule is CC[C@H]1O[C@@H](OC(C)=O)[C@H](OC(=O)c2ccccc2)[C@@H]1C. The number of hydrogen-bond donors (Lipinski definition) is 0. The van der Waals surface area contributed by atoms with E-state index in [-0.39, 0.29) is 12.0 Å². The lowest BCUT2D eigenvalue weighted by molar-refractivity contribution is -0.186. The molecule has 4 atom stereocenters. The molecule has 1 heterocycles. The summed E-state index contributed by atoms with van der Waals surface area (Å²) in [4.78, 5) is 23.3. The molecule has 21 heavy (non-hydrogen) atoms. The fraction of sp³-hybridized carbons (Fsp3) is 0.500. The van der Waals surface area contributed by atoms with Gasteiger partial charge in [0.05, 0.1) is 11.7 Å². The van der Waals surface area contributed by atoms with Crippen LogP contribution < -0.4 is 0 Å². The number of carbonyl (C=O) groups excluding carboxylic acids is 2. The molecule has 5 heteroatoms. The summed E-state index contributed by atoms with van der Waals surface area (Å²) in [7, 11) is 0. The van der Waals surface area contributed by atoms with E-state index < -0.39 is 24.3 Å². The van der Waals surface area contributed by atoms with Crippen LogP contribution in [0.2, 0.25) is 0 Å². The van der Waals surface area contributed by atoms with Gasteiger partial charge < -0.3 is 14.2 Å². The lowest BCUT2D eigenvalue weighted by Crippen LogP contribution is -2.34. The normalized spacial score (nSPS) is 28.1. The van der Waals surface area contributed by atoms with Crippen molar-refractivity contribution in [1.29, 1.82) is 0 Å². The largest absolute Gasteiger partial charge is 0.452 e. The molecule has 0 aliphatic carbocycles. The Bertz CT molecular complexity index is 499. The van der Waals surface area contributed by atoms with E-state index in [2.05, 4.69) is 0 Å². The zero-order valence-electron chi connectivity index (χ0n) is 12.4. The average Bonchev–Trinajstić information content (AvgIpc) is 2.76. The minimum atomic E-state index is -0.838. The predicted molar refractivity (Wildman–Crippen MR) is 75.5 cm³/mol. The number of hydrogen-bond acceptors (Lipinski definition) is 5. The first kappa shape index (κ1) is 15.5. The van der Waals surface area contributed by atoms with Crippen LogP contribution in [0.1, 0.15) is 37.6 Å². The molecule has 2 rings (SSSR count). The van der Waals surface area contributed by atoms with E-state index in [0.717, 1.165) is 6.42 Å². The Balaban J connectivity index is 2.11. The topological polar surface area (TPSA) is 61.8 Å². The van der Waals surface area contributed by atoms with E-state index in [1.807, 2.05) is 19.9 Å². The van der Waals surface area contributed by atoms with Gasteiger partial charge >= 0.3 is 11.9 Å². The Morgan fingerprint density at radius 3 is 2.43 bits per heavy atom. The van der Waals surface area contributed by atoms with E-state index in [0.29, 0.717) is 5.56 Å². The molecule has 0 saturated carbocycles. The van der Waals surface area contributed by atoms with Crippen LogP contribution in [0.5, 0.6) is 0 Å². The Labute approximate surface area is 124 Å². The molecule has 114 valence electrons. The maximum Gasteiger partial charge on any atom is 0.338 e. The molecule has 1 aliphatic rings. The number of ether oxygens (including phenoxy) is 3. The van der Waals surface area contributed by atoms with Gasteiger partial charge in [0.1, 0.15) is 0 Å². The highest BCUT2D eigenvalue weighted by atomic mass is 16.7. The standard InChI is InChI=1S/C16H20O5/c1-4-13-10(2)14(16(20-13)19-11(3)17)21-15(18)12-8-6-5-7-9-12/h5-10,13-14,16H,4H2,1-3H3/t10-,13-,14-,16-/m1/s1. The molecule has 0 aromatic heterocycles. The van der Waals surface area contributed by atoms with Crippen LogP contribution in [0, 0.1) is 5.92 Å². The van der Waals surface area contributed by atoms with Crippen molar-refractivity contribution in [2.45, 2.75) is 45.7 Å². The van der Waals surface area contributed by atoms with Crippen molar-refractivity contribution < 1.29 is 23.8 Å². The van der Waals surface area contributed by atoms with Crippen molar-refractivity contribution in [3.63, 3.8) is 0 Å². The fourth-order valence-electron chi connectivity index (χ4n) is 2.49. The molecular weight excluding hydrogens is 272 g/mol. The fourth-order valence-corrected chi connectivity index (χ4v) is 2.49. The second kappa shape index (κ2) is 6.72. The molecular formula is C16H20O5. The monoisotopic (exact) mass is 292 g/mol. The van der Waals surface area contributed by atoms with E-state index in [1.54, 1.807) is 24.3 Å². The van der Waals surface area contributed by atoms with Crippen molar-refractivity contribution in [2.24, 2.45) is 5.92 Å². The summed E-state index contributed by atoms with van der Waals surface area (Å²) >= 11 is 0. The van der Waals surface area contributed by atoms with Crippen molar-refractivity contribution in [3.05, 3.63) is 35.9 Å². The highest BCUT2D eigenvalue weighted by molar-refractivity contribution is 5.89. The third-order valence-corrected chi connectivity index (χ3v) is 3.62.